The molecule has 1 aromatic heterocycles. The second-order valence-electron chi connectivity index (χ2n) is 4.16. The predicted molar refractivity (Wildman–Crippen MR) is 74.4 cm³/mol. The summed E-state index contributed by atoms with van der Waals surface area (Å²) >= 11 is 0. The van der Waals surface area contributed by atoms with Gasteiger partial charge in [0.2, 0.25) is 0 Å². The number of nitrogens with two attached hydrogens (primary N) is 1. The summed E-state index contributed by atoms with van der Waals surface area (Å²) in [6.07, 6.45) is 0. The summed E-state index contributed by atoms with van der Waals surface area (Å²) in [6, 6.07) is 7.64. The van der Waals surface area contributed by atoms with Gasteiger partial charge in [0.15, 0.2) is 11.5 Å². The molecule has 0 atom stereocenters. The van der Waals surface area contributed by atoms with Crippen molar-refractivity contribution in [2.24, 2.45) is 0 Å². The van der Waals surface area contributed by atoms with Gasteiger partial charge in [-0.05, 0) is 31.2 Å². The fourth-order valence-corrected chi connectivity index (χ4v) is 1.66. The van der Waals surface area contributed by atoms with Crippen molar-refractivity contribution in [1.29, 1.82) is 0 Å². The molecule has 0 unspecified atom stereocenters. The van der Waals surface area contributed by atoms with Gasteiger partial charge < -0.3 is 15.8 Å². The Labute approximate surface area is 115 Å². The minimum absolute atomic E-state index is 0.123. The number of anilines is 3. The number of rotatable bonds is 3. The van der Waals surface area contributed by atoms with Crippen molar-refractivity contribution < 1.29 is 13.9 Å². The Morgan fingerprint density at radius 3 is 2.80 bits per heavy atom. The maximum Gasteiger partial charge on any atom is 0.356 e. The van der Waals surface area contributed by atoms with Crippen LogP contribution in [0.15, 0.2) is 30.3 Å². The number of methoxy groups -OCH3 is 1. The van der Waals surface area contributed by atoms with Crippen molar-refractivity contribution in [1.82, 2.24) is 4.98 Å². The van der Waals surface area contributed by atoms with Crippen LogP contribution in [0.5, 0.6) is 0 Å². The first kappa shape index (κ1) is 13.8. The summed E-state index contributed by atoms with van der Waals surface area (Å²) in [7, 11) is 1.27. The molecule has 0 amide bonds. The lowest BCUT2D eigenvalue weighted by Gasteiger charge is -2.12. The number of hydrogen-bond donors (Lipinski definition) is 2. The quantitative estimate of drug-likeness (QED) is 0.842. The second kappa shape index (κ2) is 5.56. The van der Waals surface area contributed by atoms with Crippen LogP contribution >= 0.6 is 0 Å². The van der Waals surface area contributed by atoms with E-state index in [1.54, 1.807) is 19.1 Å². The first-order valence-electron chi connectivity index (χ1n) is 5.90. The number of benzene rings is 1. The highest BCUT2D eigenvalue weighted by molar-refractivity contribution is 5.88. The molecular weight excluding hydrogens is 261 g/mol. The van der Waals surface area contributed by atoms with E-state index in [9.17, 15) is 9.18 Å². The van der Waals surface area contributed by atoms with Crippen molar-refractivity contribution >= 4 is 23.2 Å². The molecule has 0 radical (unpaired) electrons. The molecule has 104 valence electrons. The number of nitrogen functional groups attached to an aromatic ring is 1. The molecule has 0 fully saturated rings. The molecule has 6 heteroatoms. The highest BCUT2D eigenvalue weighted by Gasteiger charge is 2.12. The van der Waals surface area contributed by atoms with E-state index in [1.807, 2.05) is 0 Å². The number of pyridine rings is 1. The average molecular weight is 275 g/mol. The van der Waals surface area contributed by atoms with Crippen LogP contribution in [0.25, 0.3) is 0 Å². The fraction of sp³-hybridized carbons (Fsp3) is 0.143. The number of carbonyl (C=O) groups is 1. The average Bonchev–Trinajstić information content (AvgIpc) is 2.45. The minimum atomic E-state index is -0.566. The van der Waals surface area contributed by atoms with Crippen LogP contribution in [0.3, 0.4) is 0 Å². The summed E-state index contributed by atoms with van der Waals surface area (Å²) in [5, 5.41) is 2.92. The molecule has 2 rings (SSSR count). The van der Waals surface area contributed by atoms with Crippen LogP contribution in [-0.4, -0.2) is 18.1 Å². The molecular formula is C14H14FN3O2. The molecule has 1 aromatic carbocycles. The maximum absolute atomic E-state index is 13.5. The normalized spacial score (nSPS) is 10.2. The minimum Gasteiger partial charge on any atom is -0.464 e. The first-order chi connectivity index (χ1) is 9.52. The Morgan fingerprint density at radius 1 is 1.35 bits per heavy atom. The standard InChI is InChI=1S/C14H14FN3O2/c1-8-9(15)4-3-5-11(8)17-13-10(16)6-7-12(18-13)14(19)20-2/h3-7H,16H2,1-2H3,(H,17,18). The molecule has 1 heterocycles. The number of nitrogens with zero attached hydrogens (tertiary/aromatic N) is 1. The Morgan fingerprint density at radius 2 is 2.10 bits per heavy atom. The van der Waals surface area contributed by atoms with Gasteiger partial charge >= 0.3 is 5.97 Å². The van der Waals surface area contributed by atoms with Crippen LogP contribution in [-0.2, 0) is 4.74 Å². The number of nitrogens with one attached hydrogen (secondary N) is 1. The Balaban J connectivity index is 2.38. The number of halogens is 1. The Kier molecular flexibility index (Phi) is 3.84. The zero-order chi connectivity index (χ0) is 14.7. The molecule has 3 N–H and O–H groups in total. The second-order valence-corrected chi connectivity index (χ2v) is 4.16. The van der Waals surface area contributed by atoms with Crippen LogP contribution in [0.1, 0.15) is 16.1 Å². The lowest BCUT2D eigenvalue weighted by Crippen LogP contribution is -2.08. The molecule has 5 nitrogen and oxygen atoms in total. The molecule has 0 aliphatic carbocycles. The van der Waals surface area contributed by atoms with Crippen LogP contribution in [0, 0.1) is 12.7 Å². The van der Waals surface area contributed by atoms with Crippen molar-refractivity contribution in [2.75, 3.05) is 18.2 Å². The lowest BCUT2D eigenvalue weighted by atomic mass is 10.2. The molecule has 0 aliphatic heterocycles. The van der Waals surface area contributed by atoms with Gasteiger partial charge in [-0.1, -0.05) is 6.07 Å². The van der Waals surface area contributed by atoms with E-state index in [0.29, 0.717) is 16.9 Å². The highest BCUT2D eigenvalue weighted by Crippen LogP contribution is 2.25. The molecule has 2 aromatic rings. The van der Waals surface area contributed by atoms with Crippen LogP contribution in [0.4, 0.5) is 21.6 Å². The molecule has 0 saturated carbocycles. The number of hydrogen-bond acceptors (Lipinski definition) is 5. The fourth-order valence-electron chi connectivity index (χ4n) is 1.66. The van der Waals surface area contributed by atoms with Gasteiger partial charge in [-0.2, -0.15) is 0 Å². The van der Waals surface area contributed by atoms with E-state index >= 15 is 0 Å². The van der Waals surface area contributed by atoms with E-state index in [1.165, 1.54) is 25.3 Å². The summed E-state index contributed by atoms with van der Waals surface area (Å²) in [5.74, 6) is -0.622. The number of ether oxygens (including phenoxy) is 1. The van der Waals surface area contributed by atoms with E-state index in [-0.39, 0.29) is 17.3 Å². The van der Waals surface area contributed by atoms with E-state index in [2.05, 4.69) is 15.0 Å². The third-order valence-electron chi connectivity index (χ3n) is 2.84. The zero-order valence-electron chi connectivity index (χ0n) is 11.1. The van der Waals surface area contributed by atoms with E-state index < -0.39 is 5.97 Å². The van der Waals surface area contributed by atoms with Crippen molar-refractivity contribution in [3.05, 3.63) is 47.4 Å². The third-order valence-corrected chi connectivity index (χ3v) is 2.84. The van der Waals surface area contributed by atoms with Gasteiger partial charge in [0.25, 0.3) is 0 Å². The van der Waals surface area contributed by atoms with Gasteiger partial charge in [0.1, 0.15) is 5.82 Å². The van der Waals surface area contributed by atoms with Gasteiger partial charge in [0, 0.05) is 11.3 Å². The zero-order valence-corrected chi connectivity index (χ0v) is 11.1. The largest absolute Gasteiger partial charge is 0.464 e. The van der Waals surface area contributed by atoms with Gasteiger partial charge in [-0.3, -0.25) is 0 Å². The summed E-state index contributed by atoms with van der Waals surface area (Å²) < 4.78 is 18.1. The summed E-state index contributed by atoms with van der Waals surface area (Å²) in [5.41, 5.74) is 7.24. The van der Waals surface area contributed by atoms with Crippen molar-refractivity contribution in [3.8, 4) is 0 Å². The molecule has 0 saturated heterocycles. The first-order valence-corrected chi connectivity index (χ1v) is 5.90. The number of esters is 1. The monoisotopic (exact) mass is 275 g/mol. The Bertz CT molecular complexity index is 659. The number of carbonyl (C=O) groups excluding carboxylic acids is 1. The SMILES string of the molecule is COC(=O)c1ccc(N)c(Nc2cccc(F)c2C)n1. The van der Waals surface area contributed by atoms with Gasteiger partial charge in [-0.25, -0.2) is 14.2 Å². The van der Waals surface area contributed by atoms with E-state index in [4.69, 9.17) is 5.73 Å². The molecule has 0 bridgehead atoms. The third kappa shape index (κ3) is 2.69. The van der Waals surface area contributed by atoms with Gasteiger partial charge in [-0.15, -0.1) is 0 Å². The molecule has 20 heavy (non-hydrogen) atoms. The van der Waals surface area contributed by atoms with E-state index in [0.717, 1.165) is 0 Å². The van der Waals surface area contributed by atoms with Gasteiger partial charge in [0.05, 0.1) is 12.8 Å². The van der Waals surface area contributed by atoms with Crippen LogP contribution in [0.2, 0.25) is 0 Å². The Hall–Kier alpha value is -2.63. The van der Waals surface area contributed by atoms with Crippen molar-refractivity contribution in [3.63, 3.8) is 0 Å². The summed E-state index contributed by atoms with van der Waals surface area (Å²) in [6.45, 7) is 1.64. The van der Waals surface area contributed by atoms with Crippen molar-refractivity contribution in [2.45, 2.75) is 6.92 Å². The summed E-state index contributed by atoms with van der Waals surface area (Å²) in [4.78, 5) is 15.5. The molecule has 0 spiro atoms. The predicted octanol–water partition coefficient (Wildman–Crippen LogP) is 2.64. The van der Waals surface area contributed by atoms with Crippen LogP contribution < -0.4 is 11.1 Å². The smallest absolute Gasteiger partial charge is 0.356 e. The maximum atomic E-state index is 13.5. The highest BCUT2D eigenvalue weighted by atomic mass is 19.1. The lowest BCUT2D eigenvalue weighted by molar-refractivity contribution is 0.0594. The molecule has 0 aliphatic rings. The topological polar surface area (TPSA) is 77.2 Å². The number of aromatic nitrogens is 1.